The molecule has 0 spiro atoms. The molecule has 0 fully saturated rings. The minimum Gasteiger partial charge on any atom is -0.478 e. The average molecular weight is 361 g/mol. The van der Waals surface area contributed by atoms with Gasteiger partial charge in [0.05, 0.1) is 5.56 Å². The molecule has 0 saturated heterocycles. The second kappa shape index (κ2) is 5.76. The summed E-state index contributed by atoms with van der Waals surface area (Å²) in [6.07, 6.45) is 3.50. The first-order valence-electron chi connectivity index (χ1n) is 6.71. The number of hydrogen-bond acceptors (Lipinski definition) is 4. The summed E-state index contributed by atoms with van der Waals surface area (Å²) < 4.78 is 2.50. The van der Waals surface area contributed by atoms with E-state index in [0.29, 0.717) is 23.3 Å². The van der Waals surface area contributed by atoms with Gasteiger partial charge in [0, 0.05) is 16.4 Å². The van der Waals surface area contributed by atoms with Crippen LogP contribution < -0.4 is 5.32 Å². The molecule has 112 valence electrons. The first kappa shape index (κ1) is 14.5. The van der Waals surface area contributed by atoms with Gasteiger partial charge in [-0.05, 0) is 30.2 Å². The van der Waals surface area contributed by atoms with Gasteiger partial charge in [0.15, 0.2) is 5.82 Å². The number of aromatic nitrogens is 3. The maximum absolute atomic E-state index is 11.4. The van der Waals surface area contributed by atoms with Gasteiger partial charge >= 0.3 is 5.97 Å². The van der Waals surface area contributed by atoms with Crippen LogP contribution in [-0.4, -0.2) is 25.7 Å². The minimum absolute atomic E-state index is 0.250. The van der Waals surface area contributed by atoms with Gasteiger partial charge < -0.3 is 10.4 Å². The molecule has 0 amide bonds. The van der Waals surface area contributed by atoms with E-state index in [9.17, 15) is 9.90 Å². The number of nitrogens with one attached hydrogen (secondary N) is 1. The number of nitrogens with zero attached hydrogens (tertiary/aromatic N) is 3. The van der Waals surface area contributed by atoms with Gasteiger partial charge in [-0.3, -0.25) is 0 Å². The monoisotopic (exact) mass is 360 g/mol. The van der Waals surface area contributed by atoms with Crippen LogP contribution in [0.1, 0.15) is 22.8 Å². The summed E-state index contributed by atoms with van der Waals surface area (Å²) in [6, 6.07) is 7.67. The number of hydrogen-bond donors (Lipinski definition) is 2. The summed E-state index contributed by atoms with van der Waals surface area (Å²) in [5.41, 5.74) is 2.50. The van der Waals surface area contributed by atoms with Crippen LogP contribution in [0.4, 0.5) is 11.5 Å². The molecule has 3 rings (SSSR count). The third kappa shape index (κ3) is 2.55. The Labute approximate surface area is 134 Å². The maximum atomic E-state index is 11.4. The van der Waals surface area contributed by atoms with E-state index in [-0.39, 0.29) is 5.56 Å². The Bertz CT molecular complexity index is 860. The number of benzene rings is 1. The first-order chi connectivity index (χ1) is 10.6. The SMILES string of the molecule is CCc1c(C(=O)O)cn2ncnc(Nc3cccc(Br)c3)c12. The van der Waals surface area contributed by atoms with E-state index in [0.717, 1.165) is 10.2 Å². The number of fused-ring (bicyclic) bond motifs is 1. The third-order valence-corrected chi connectivity index (χ3v) is 3.84. The van der Waals surface area contributed by atoms with E-state index in [1.807, 2.05) is 31.2 Å². The smallest absolute Gasteiger partial charge is 0.337 e. The molecule has 1 aromatic carbocycles. The largest absolute Gasteiger partial charge is 0.478 e. The molecular weight excluding hydrogens is 348 g/mol. The minimum atomic E-state index is -0.962. The zero-order valence-corrected chi connectivity index (χ0v) is 13.3. The van der Waals surface area contributed by atoms with Crippen molar-refractivity contribution < 1.29 is 9.90 Å². The Hall–Kier alpha value is -2.41. The number of rotatable bonds is 4. The Balaban J connectivity index is 2.15. The van der Waals surface area contributed by atoms with Crippen LogP contribution in [0, 0.1) is 0 Å². The summed E-state index contributed by atoms with van der Waals surface area (Å²) in [6.45, 7) is 1.91. The molecule has 0 aliphatic rings. The predicted molar refractivity (Wildman–Crippen MR) is 86.7 cm³/mol. The molecule has 7 heteroatoms. The molecule has 0 unspecified atom stereocenters. The fourth-order valence-electron chi connectivity index (χ4n) is 2.41. The number of aromatic carboxylic acids is 1. The molecule has 2 heterocycles. The fraction of sp³-hybridized carbons (Fsp3) is 0.133. The van der Waals surface area contributed by atoms with Gasteiger partial charge in [0.25, 0.3) is 0 Å². The summed E-state index contributed by atoms with van der Waals surface area (Å²) in [4.78, 5) is 15.6. The highest BCUT2D eigenvalue weighted by Crippen LogP contribution is 2.27. The number of carboxylic acids is 1. The van der Waals surface area contributed by atoms with Crippen molar-refractivity contribution in [1.29, 1.82) is 0 Å². The summed E-state index contributed by atoms with van der Waals surface area (Å²) in [7, 11) is 0. The van der Waals surface area contributed by atoms with E-state index < -0.39 is 5.97 Å². The van der Waals surface area contributed by atoms with Crippen molar-refractivity contribution >= 4 is 38.9 Å². The third-order valence-electron chi connectivity index (χ3n) is 3.35. The molecule has 0 saturated carbocycles. The highest BCUT2D eigenvalue weighted by molar-refractivity contribution is 9.10. The van der Waals surface area contributed by atoms with Crippen molar-refractivity contribution in [2.24, 2.45) is 0 Å². The van der Waals surface area contributed by atoms with Gasteiger partial charge in [-0.15, -0.1) is 0 Å². The van der Waals surface area contributed by atoms with Crippen LogP contribution in [0.15, 0.2) is 41.3 Å². The van der Waals surface area contributed by atoms with Gasteiger partial charge in [-0.1, -0.05) is 28.9 Å². The Morgan fingerprint density at radius 2 is 2.27 bits per heavy atom. The maximum Gasteiger partial charge on any atom is 0.337 e. The Kier molecular flexibility index (Phi) is 3.81. The molecule has 0 radical (unpaired) electrons. The summed E-state index contributed by atoms with van der Waals surface area (Å²) >= 11 is 3.42. The zero-order chi connectivity index (χ0) is 15.7. The van der Waals surface area contributed by atoms with E-state index in [1.54, 1.807) is 4.52 Å². The molecule has 22 heavy (non-hydrogen) atoms. The number of halogens is 1. The molecule has 3 aromatic rings. The first-order valence-corrected chi connectivity index (χ1v) is 7.50. The van der Waals surface area contributed by atoms with Crippen molar-refractivity contribution in [2.75, 3.05) is 5.32 Å². The standard InChI is InChI=1S/C15H13BrN4O2/c1-2-11-12(15(21)22)7-20-13(11)14(17-8-18-20)19-10-5-3-4-9(16)6-10/h3-8H,2H2,1H3,(H,21,22)(H,17,18,19). The molecule has 0 atom stereocenters. The summed E-state index contributed by atoms with van der Waals surface area (Å²) in [5.74, 6) is -0.381. The summed E-state index contributed by atoms with van der Waals surface area (Å²) in [5, 5.41) is 16.7. The molecule has 0 aliphatic carbocycles. The van der Waals surface area contributed by atoms with Crippen molar-refractivity contribution in [3.8, 4) is 0 Å². The van der Waals surface area contributed by atoms with Crippen molar-refractivity contribution in [3.63, 3.8) is 0 Å². The van der Waals surface area contributed by atoms with Crippen molar-refractivity contribution in [2.45, 2.75) is 13.3 Å². The van der Waals surface area contributed by atoms with Gasteiger partial charge in [-0.2, -0.15) is 5.10 Å². The van der Waals surface area contributed by atoms with Gasteiger partial charge in [0.1, 0.15) is 11.8 Å². The molecular formula is C15H13BrN4O2. The van der Waals surface area contributed by atoms with Crippen LogP contribution in [0.5, 0.6) is 0 Å². The highest BCUT2D eigenvalue weighted by atomic mass is 79.9. The lowest BCUT2D eigenvalue weighted by atomic mass is 10.1. The van der Waals surface area contributed by atoms with Crippen molar-refractivity contribution in [3.05, 3.63) is 52.4 Å². The second-order valence-electron chi connectivity index (χ2n) is 4.72. The quantitative estimate of drug-likeness (QED) is 0.744. The molecule has 6 nitrogen and oxygen atoms in total. The van der Waals surface area contributed by atoms with E-state index in [2.05, 4.69) is 31.3 Å². The van der Waals surface area contributed by atoms with Crippen LogP contribution in [-0.2, 0) is 6.42 Å². The van der Waals surface area contributed by atoms with E-state index in [4.69, 9.17) is 0 Å². The Morgan fingerprint density at radius 3 is 2.95 bits per heavy atom. The lowest BCUT2D eigenvalue weighted by Gasteiger charge is -2.08. The second-order valence-corrected chi connectivity index (χ2v) is 5.63. The van der Waals surface area contributed by atoms with Gasteiger partial charge in [0.2, 0.25) is 0 Å². The fourth-order valence-corrected chi connectivity index (χ4v) is 2.81. The molecule has 2 N–H and O–H groups in total. The normalized spacial score (nSPS) is 10.8. The van der Waals surface area contributed by atoms with E-state index >= 15 is 0 Å². The van der Waals surface area contributed by atoms with Crippen LogP contribution >= 0.6 is 15.9 Å². The topological polar surface area (TPSA) is 79.5 Å². The number of anilines is 2. The molecule has 0 bridgehead atoms. The van der Waals surface area contributed by atoms with Gasteiger partial charge in [-0.25, -0.2) is 14.3 Å². The number of carboxylic acid groups (broad SMARTS) is 1. The van der Waals surface area contributed by atoms with Crippen LogP contribution in [0.2, 0.25) is 0 Å². The van der Waals surface area contributed by atoms with Crippen molar-refractivity contribution in [1.82, 2.24) is 14.6 Å². The molecule has 0 aliphatic heterocycles. The number of carbonyl (C=O) groups is 1. The number of aryl methyl sites for hydroxylation is 1. The Morgan fingerprint density at radius 1 is 1.45 bits per heavy atom. The molecule has 2 aromatic heterocycles. The van der Waals surface area contributed by atoms with Crippen LogP contribution in [0.25, 0.3) is 5.52 Å². The van der Waals surface area contributed by atoms with E-state index in [1.165, 1.54) is 12.5 Å². The predicted octanol–water partition coefficient (Wildman–Crippen LogP) is 3.50. The highest BCUT2D eigenvalue weighted by Gasteiger charge is 2.19. The lowest BCUT2D eigenvalue weighted by molar-refractivity contribution is 0.0696. The average Bonchev–Trinajstić information content (AvgIpc) is 2.87. The zero-order valence-electron chi connectivity index (χ0n) is 11.7. The lowest BCUT2D eigenvalue weighted by Crippen LogP contribution is -2.01. The van der Waals surface area contributed by atoms with Crippen LogP contribution in [0.3, 0.4) is 0 Å².